The molecule has 0 aromatic carbocycles. The largest absolute Gasteiger partial charge is 0.396 e. The van der Waals surface area contributed by atoms with Crippen molar-refractivity contribution < 1.29 is 5.11 Å². The van der Waals surface area contributed by atoms with Gasteiger partial charge >= 0.3 is 0 Å². The zero-order valence-corrected chi connectivity index (χ0v) is 11.7. The molecule has 2 heteroatoms. The average molecular weight is 259 g/mol. The number of aliphatic hydroxyl groups is 1. The Bertz CT molecular complexity index is 193. The van der Waals surface area contributed by atoms with Gasteiger partial charge in [-0.2, -0.15) is 0 Å². The van der Waals surface area contributed by atoms with Gasteiger partial charge in [-0.15, -0.1) is 11.6 Å². The Labute approximate surface area is 111 Å². The first-order valence-corrected chi connectivity index (χ1v) is 8.04. The Morgan fingerprint density at radius 1 is 0.824 bits per heavy atom. The molecule has 1 nitrogen and oxygen atoms in total. The summed E-state index contributed by atoms with van der Waals surface area (Å²) in [5.74, 6) is 2.03. The van der Waals surface area contributed by atoms with Gasteiger partial charge in [-0.05, 0) is 37.5 Å². The Balaban J connectivity index is 2.10. The minimum Gasteiger partial charge on any atom is -0.396 e. The monoisotopic (exact) mass is 258 g/mol. The topological polar surface area (TPSA) is 20.2 Å². The maximum Gasteiger partial charge on any atom is 0.0504 e. The highest BCUT2D eigenvalue weighted by molar-refractivity contribution is 6.18. The van der Waals surface area contributed by atoms with Crippen molar-refractivity contribution in [3.63, 3.8) is 0 Å². The summed E-state index contributed by atoms with van der Waals surface area (Å²) in [6.45, 7) is 0.311. The van der Waals surface area contributed by atoms with Gasteiger partial charge in [-0.1, -0.05) is 38.5 Å². The molecule has 2 saturated carbocycles. The molecule has 0 amide bonds. The van der Waals surface area contributed by atoms with E-state index in [0.717, 1.165) is 0 Å². The second-order valence-corrected chi connectivity index (χ2v) is 6.46. The maximum atomic E-state index is 10.00. The Morgan fingerprint density at radius 2 is 1.24 bits per heavy atom. The second-order valence-electron chi connectivity index (χ2n) is 6.19. The summed E-state index contributed by atoms with van der Waals surface area (Å²) in [6.07, 6.45) is 13.3. The van der Waals surface area contributed by atoms with Crippen LogP contribution in [0.15, 0.2) is 0 Å². The van der Waals surface area contributed by atoms with Crippen LogP contribution < -0.4 is 0 Å². The van der Waals surface area contributed by atoms with Gasteiger partial charge in [0.2, 0.25) is 0 Å². The molecule has 0 unspecified atom stereocenters. The molecule has 0 bridgehead atoms. The fraction of sp³-hybridized carbons (Fsp3) is 1.00. The van der Waals surface area contributed by atoms with Crippen LogP contribution in [0.1, 0.15) is 64.2 Å². The molecule has 17 heavy (non-hydrogen) atoms. The summed E-state index contributed by atoms with van der Waals surface area (Å²) in [5.41, 5.74) is 0.0440. The fourth-order valence-electron chi connectivity index (χ4n) is 4.21. The minimum absolute atomic E-state index is 0.0440. The van der Waals surface area contributed by atoms with Crippen molar-refractivity contribution in [1.82, 2.24) is 0 Å². The summed E-state index contributed by atoms with van der Waals surface area (Å²) < 4.78 is 0. The number of halogens is 1. The van der Waals surface area contributed by atoms with Crippen LogP contribution >= 0.6 is 11.6 Å². The lowest BCUT2D eigenvalue weighted by Crippen LogP contribution is -2.44. The van der Waals surface area contributed by atoms with E-state index in [1.807, 2.05) is 0 Å². The first kappa shape index (κ1) is 13.7. The number of alkyl halides is 1. The molecule has 0 radical (unpaired) electrons. The van der Waals surface area contributed by atoms with Gasteiger partial charge in [0.1, 0.15) is 0 Å². The molecule has 0 aliphatic heterocycles. The molecule has 100 valence electrons. The molecule has 0 aromatic rings. The van der Waals surface area contributed by atoms with Gasteiger partial charge in [0, 0.05) is 11.3 Å². The number of aliphatic hydroxyl groups excluding tert-OH is 1. The summed E-state index contributed by atoms with van der Waals surface area (Å²) in [5, 5.41) is 10.00. The zero-order chi connectivity index (χ0) is 12.1. The molecule has 2 fully saturated rings. The Hall–Kier alpha value is 0.250. The van der Waals surface area contributed by atoms with E-state index in [9.17, 15) is 5.11 Å². The van der Waals surface area contributed by atoms with E-state index >= 15 is 0 Å². The van der Waals surface area contributed by atoms with Gasteiger partial charge in [0.15, 0.2) is 0 Å². The SMILES string of the molecule is OCC(CCl)(C1CCCCC1)C1CCCCC1. The molecule has 1 N–H and O–H groups in total. The normalized spacial score (nSPS) is 25.1. The zero-order valence-electron chi connectivity index (χ0n) is 11.0. The molecule has 0 aromatic heterocycles. The lowest BCUT2D eigenvalue weighted by molar-refractivity contribution is -0.00963. The lowest BCUT2D eigenvalue weighted by Gasteiger charge is -2.47. The summed E-state index contributed by atoms with van der Waals surface area (Å²) in [4.78, 5) is 0. The number of rotatable bonds is 4. The van der Waals surface area contributed by atoms with Crippen LogP contribution in [0.2, 0.25) is 0 Å². The standard InChI is InChI=1S/C15H27ClO/c16-11-15(12-17,13-7-3-1-4-8-13)14-9-5-2-6-10-14/h13-14,17H,1-12H2. The van der Waals surface area contributed by atoms with Gasteiger partial charge in [-0.3, -0.25) is 0 Å². The molecule has 0 spiro atoms. The van der Waals surface area contributed by atoms with Crippen LogP contribution in [-0.4, -0.2) is 17.6 Å². The van der Waals surface area contributed by atoms with Crippen LogP contribution in [-0.2, 0) is 0 Å². The van der Waals surface area contributed by atoms with Crippen molar-refractivity contribution in [2.75, 3.05) is 12.5 Å². The van der Waals surface area contributed by atoms with Crippen molar-refractivity contribution in [2.24, 2.45) is 17.3 Å². The summed E-state index contributed by atoms with van der Waals surface area (Å²) in [6, 6.07) is 0. The van der Waals surface area contributed by atoms with Gasteiger partial charge in [0.25, 0.3) is 0 Å². The summed E-state index contributed by atoms with van der Waals surface area (Å²) >= 11 is 6.33. The third-order valence-corrected chi connectivity index (χ3v) is 5.88. The predicted molar refractivity (Wildman–Crippen MR) is 73.4 cm³/mol. The Kier molecular flexibility index (Phi) is 5.17. The van der Waals surface area contributed by atoms with Gasteiger partial charge in [-0.25, -0.2) is 0 Å². The van der Waals surface area contributed by atoms with E-state index in [4.69, 9.17) is 11.6 Å². The van der Waals surface area contributed by atoms with E-state index in [1.54, 1.807) is 0 Å². The van der Waals surface area contributed by atoms with Crippen LogP contribution in [0.5, 0.6) is 0 Å². The second kappa shape index (κ2) is 6.43. The maximum absolute atomic E-state index is 10.00. The number of hydrogen-bond donors (Lipinski definition) is 1. The predicted octanol–water partition coefficient (Wildman–Crippen LogP) is 4.36. The van der Waals surface area contributed by atoms with Crippen molar-refractivity contribution in [1.29, 1.82) is 0 Å². The van der Waals surface area contributed by atoms with Crippen molar-refractivity contribution >= 4 is 11.6 Å². The highest BCUT2D eigenvalue weighted by atomic mass is 35.5. The number of hydrogen-bond acceptors (Lipinski definition) is 1. The van der Waals surface area contributed by atoms with Crippen molar-refractivity contribution in [2.45, 2.75) is 64.2 Å². The summed E-state index contributed by atoms with van der Waals surface area (Å²) in [7, 11) is 0. The highest BCUT2D eigenvalue weighted by Crippen LogP contribution is 2.49. The average Bonchev–Trinajstić information content (AvgIpc) is 2.43. The fourth-order valence-corrected chi connectivity index (χ4v) is 4.73. The highest BCUT2D eigenvalue weighted by Gasteiger charge is 2.44. The van der Waals surface area contributed by atoms with Crippen LogP contribution in [0.3, 0.4) is 0 Å². The molecule has 0 heterocycles. The van der Waals surface area contributed by atoms with Gasteiger partial charge < -0.3 is 5.11 Å². The third kappa shape index (κ3) is 2.81. The van der Waals surface area contributed by atoms with Crippen LogP contribution in [0.25, 0.3) is 0 Å². The molecule has 2 rings (SSSR count). The molecular formula is C15H27ClO. The molecule has 2 aliphatic carbocycles. The molecule has 0 atom stereocenters. The van der Waals surface area contributed by atoms with E-state index in [-0.39, 0.29) is 5.41 Å². The Morgan fingerprint density at radius 3 is 1.53 bits per heavy atom. The molecule has 0 saturated heterocycles. The first-order valence-electron chi connectivity index (χ1n) is 7.50. The van der Waals surface area contributed by atoms with Crippen molar-refractivity contribution in [3.8, 4) is 0 Å². The quantitative estimate of drug-likeness (QED) is 0.743. The van der Waals surface area contributed by atoms with E-state index < -0.39 is 0 Å². The van der Waals surface area contributed by atoms with E-state index in [1.165, 1.54) is 64.2 Å². The third-order valence-electron chi connectivity index (χ3n) is 5.38. The van der Waals surface area contributed by atoms with Crippen LogP contribution in [0, 0.1) is 17.3 Å². The van der Waals surface area contributed by atoms with E-state index in [0.29, 0.717) is 24.3 Å². The minimum atomic E-state index is 0.0440. The molecular weight excluding hydrogens is 232 g/mol. The van der Waals surface area contributed by atoms with Crippen molar-refractivity contribution in [3.05, 3.63) is 0 Å². The lowest BCUT2D eigenvalue weighted by atomic mass is 9.60. The smallest absolute Gasteiger partial charge is 0.0504 e. The molecule has 2 aliphatic rings. The van der Waals surface area contributed by atoms with E-state index in [2.05, 4.69) is 0 Å². The first-order chi connectivity index (χ1) is 8.33. The van der Waals surface area contributed by atoms with Gasteiger partial charge in [0.05, 0.1) is 6.61 Å². The van der Waals surface area contributed by atoms with Crippen LogP contribution in [0.4, 0.5) is 0 Å².